The maximum absolute atomic E-state index is 14.6. The number of nitrogens with one attached hydrogen (secondary N) is 1. The molecule has 33 heavy (non-hydrogen) atoms. The molecule has 1 aromatic heterocycles. The zero-order valence-electron chi connectivity index (χ0n) is 18.6. The van der Waals surface area contributed by atoms with Gasteiger partial charge in [-0.05, 0) is 44.0 Å². The lowest BCUT2D eigenvalue weighted by Crippen LogP contribution is -2.64. The number of benzene rings is 1. The van der Waals surface area contributed by atoms with Crippen molar-refractivity contribution in [2.45, 2.75) is 58.0 Å². The van der Waals surface area contributed by atoms with Gasteiger partial charge in [-0.25, -0.2) is 18.3 Å². The summed E-state index contributed by atoms with van der Waals surface area (Å²) < 4.78 is 41.1. The minimum Gasteiger partial charge on any atom is -0.333 e. The second-order valence-electron chi connectivity index (χ2n) is 8.99. The van der Waals surface area contributed by atoms with Crippen LogP contribution in [0.2, 0.25) is 0 Å². The molecule has 7 nitrogen and oxygen atoms in total. The Morgan fingerprint density at radius 2 is 1.91 bits per heavy atom. The van der Waals surface area contributed by atoms with Crippen molar-refractivity contribution >= 4 is 11.8 Å². The van der Waals surface area contributed by atoms with Gasteiger partial charge in [-0.1, -0.05) is 6.07 Å². The van der Waals surface area contributed by atoms with Crippen LogP contribution in [-0.2, 0) is 11.2 Å². The van der Waals surface area contributed by atoms with Gasteiger partial charge < -0.3 is 9.80 Å². The molecule has 4 rings (SSSR count). The highest BCUT2D eigenvalue weighted by atomic mass is 19.3. The standard InChI is InChI=1S/C23H25F3N4O3/c1-12-10-29(11-20(31)30(12)16-8-23(25,26)9-16)22(33)17-6-15(4-5-18(17)24)7-19-13(2)14(3)21(32)28-27-19/h4-6,12,16H,7-11H2,1-3H3,(H,28,32). The molecule has 2 heterocycles. The van der Waals surface area contributed by atoms with Crippen LogP contribution in [-0.4, -0.2) is 62.9 Å². The minimum atomic E-state index is -2.75. The number of aromatic nitrogens is 2. The summed E-state index contributed by atoms with van der Waals surface area (Å²) in [6.45, 7) is 5.01. The van der Waals surface area contributed by atoms with Gasteiger partial charge in [-0.3, -0.25) is 14.4 Å². The van der Waals surface area contributed by atoms with E-state index >= 15 is 0 Å². The van der Waals surface area contributed by atoms with E-state index in [1.54, 1.807) is 20.8 Å². The third-order valence-corrected chi connectivity index (χ3v) is 6.58. The second-order valence-corrected chi connectivity index (χ2v) is 8.99. The molecule has 0 spiro atoms. The van der Waals surface area contributed by atoms with E-state index in [2.05, 4.69) is 10.2 Å². The number of amides is 2. The normalized spacial score (nSPS) is 20.7. The fourth-order valence-electron chi connectivity index (χ4n) is 4.56. The van der Waals surface area contributed by atoms with E-state index in [4.69, 9.17) is 0 Å². The maximum atomic E-state index is 14.6. The third-order valence-electron chi connectivity index (χ3n) is 6.58. The summed E-state index contributed by atoms with van der Waals surface area (Å²) in [5, 5.41) is 6.48. The molecule has 1 aliphatic carbocycles. The van der Waals surface area contributed by atoms with Crippen LogP contribution in [0, 0.1) is 19.7 Å². The number of aromatic amines is 1. The van der Waals surface area contributed by atoms with Crippen LogP contribution in [0.5, 0.6) is 0 Å². The molecule has 0 radical (unpaired) electrons. The Labute approximate surface area is 188 Å². The Balaban J connectivity index is 1.51. The van der Waals surface area contributed by atoms with Crippen LogP contribution in [0.3, 0.4) is 0 Å². The van der Waals surface area contributed by atoms with Gasteiger partial charge >= 0.3 is 0 Å². The highest BCUT2D eigenvalue weighted by Gasteiger charge is 2.51. The first-order valence-electron chi connectivity index (χ1n) is 10.8. The van der Waals surface area contributed by atoms with Gasteiger partial charge in [0, 0.05) is 43.5 Å². The molecule has 0 bridgehead atoms. The maximum Gasteiger partial charge on any atom is 0.267 e. The Hall–Kier alpha value is -3.17. The quantitative estimate of drug-likeness (QED) is 0.757. The van der Waals surface area contributed by atoms with E-state index in [0.29, 0.717) is 22.4 Å². The fraction of sp³-hybridized carbons (Fsp3) is 0.478. The molecular weight excluding hydrogens is 437 g/mol. The lowest BCUT2D eigenvalue weighted by atomic mass is 9.85. The molecule has 1 aromatic carbocycles. The van der Waals surface area contributed by atoms with Crippen molar-refractivity contribution in [3.05, 3.63) is 62.3 Å². The number of halogens is 3. The first-order valence-corrected chi connectivity index (χ1v) is 10.8. The minimum absolute atomic E-state index is 0.135. The molecule has 2 amide bonds. The first-order chi connectivity index (χ1) is 15.5. The molecule has 10 heteroatoms. The van der Waals surface area contributed by atoms with Crippen molar-refractivity contribution in [2.24, 2.45) is 0 Å². The van der Waals surface area contributed by atoms with Crippen LogP contribution >= 0.6 is 0 Å². The molecular formula is C23H25F3N4O3. The van der Waals surface area contributed by atoms with Gasteiger partial charge in [0.15, 0.2) is 0 Å². The summed E-state index contributed by atoms with van der Waals surface area (Å²) in [4.78, 5) is 40.1. The summed E-state index contributed by atoms with van der Waals surface area (Å²) in [5.41, 5.74) is 2.02. The highest BCUT2D eigenvalue weighted by Crippen LogP contribution is 2.41. The highest BCUT2D eigenvalue weighted by molar-refractivity contribution is 5.97. The van der Waals surface area contributed by atoms with Gasteiger partial charge in [0.25, 0.3) is 17.4 Å². The molecule has 2 fully saturated rings. The van der Waals surface area contributed by atoms with Crippen LogP contribution in [0.1, 0.15) is 52.5 Å². The van der Waals surface area contributed by atoms with Crippen molar-refractivity contribution < 1.29 is 22.8 Å². The third kappa shape index (κ3) is 4.38. The largest absolute Gasteiger partial charge is 0.333 e. The zero-order valence-corrected chi connectivity index (χ0v) is 18.6. The van der Waals surface area contributed by atoms with Crippen LogP contribution < -0.4 is 5.56 Å². The molecule has 2 aliphatic rings. The number of nitrogens with zero attached hydrogens (tertiary/aromatic N) is 3. The second kappa shape index (κ2) is 8.31. The summed E-state index contributed by atoms with van der Waals surface area (Å²) in [6.07, 6.45) is -0.459. The summed E-state index contributed by atoms with van der Waals surface area (Å²) in [6, 6.07) is 3.17. The number of piperazine rings is 1. The predicted octanol–water partition coefficient (Wildman–Crippen LogP) is 2.59. The Kier molecular flexibility index (Phi) is 5.79. The van der Waals surface area contributed by atoms with Crippen LogP contribution in [0.15, 0.2) is 23.0 Å². The Bertz CT molecular complexity index is 1170. The van der Waals surface area contributed by atoms with Gasteiger partial charge in [-0.2, -0.15) is 5.10 Å². The monoisotopic (exact) mass is 462 g/mol. The fourth-order valence-corrected chi connectivity index (χ4v) is 4.56. The van der Waals surface area contributed by atoms with Crippen molar-refractivity contribution in [3.8, 4) is 0 Å². The van der Waals surface area contributed by atoms with Crippen LogP contribution in [0.25, 0.3) is 0 Å². The molecule has 2 aromatic rings. The molecule has 1 aliphatic heterocycles. The number of carbonyl (C=O) groups excluding carboxylic acids is 2. The number of rotatable bonds is 4. The predicted molar refractivity (Wildman–Crippen MR) is 114 cm³/mol. The van der Waals surface area contributed by atoms with E-state index < -0.39 is 35.6 Å². The number of alkyl halides is 2. The van der Waals surface area contributed by atoms with Gasteiger partial charge in [-0.15, -0.1) is 0 Å². The number of carbonyl (C=O) groups is 2. The first kappa shape index (κ1) is 23.0. The van der Waals surface area contributed by atoms with Gasteiger partial charge in [0.1, 0.15) is 12.4 Å². The molecule has 1 saturated carbocycles. The van der Waals surface area contributed by atoms with Gasteiger partial charge in [0.05, 0.1) is 11.3 Å². The molecule has 176 valence electrons. The van der Waals surface area contributed by atoms with E-state index in [1.807, 2.05) is 0 Å². The number of hydrogen-bond acceptors (Lipinski definition) is 4. The van der Waals surface area contributed by atoms with Crippen molar-refractivity contribution in [1.82, 2.24) is 20.0 Å². The van der Waals surface area contributed by atoms with Crippen LogP contribution in [0.4, 0.5) is 13.2 Å². The smallest absolute Gasteiger partial charge is 0.267 e. The van der Waals surface area contributed by atoms with E-state index in [9.17, 15) is 27.6 Å². The number of hydrogen-bond donors (Lipinski definition) is 1. The van der Waals surface area contributed by atoms with E-state index in [-0.39, 0.29) is 43.5 Å². The lowest BCUT2D eigenvalue weighted by Gasteiger charge is -2.49. The topological polar surface area (TPSA) is 86.4 Å². The summed E-state index contributed by atoms with van der Waals surface area (Å²) in [5.74, 6) is -4.51. The molecule has 1 N–H and O–H groups in total. The molecule has 1 atom stereocenters. The summed E-state index contributed by atoms with van der Waals surface area (Å²) >= 11 is 0. The number of H-pyrrole nitrogens is 1. The SMILES string of the molecule is Cc1c(Cc2ccc(F)c(C(=O)N3CC(=O)N(C4CC(F)(F)C4)C(C)C3)c2)n[nH]c(=O)c1C. The Morgan fingerprint density at radius 3 is 2.55 bits per heavy atom. The van der Waals surface area contributed by atoms with Crippen molar-refractivity contribution in [2.75, 3.05) is 13.1 Å². The van der Waals surface area contributed by atoms with E-state index in [0.717, 1.165) is 0 Å². The average molecular weight is 462 g/mol. The van der Waals surface area contributed by atoms with Gasteiger partial charge in [0.2, 0.25) is 5.91 Å². The van der Waals surface area contributed by atoms with Crippen molar-refractivity contribution in [3.63, 3.8) is 0 Å². The molecule has 1 unspecified atom stereocenters. The molecule has 1 saturated heterocycles. The summed E-state index contributed by atoms with van der Waals surface area (Å²) in [7, 11) is 0. The average Bonchev–Trinajstić information content (AvgIpc) is 2.73. The lowest BCUT2D eigenvalue weighted by molar-refractivity contribution is -0.163. The van der Waals surface area contributed by atoms with Crippen molar-refractivity contribution in [1.29, 1.82) is 0 Å². The zero-order chi connectivity index (χ0) is 24.1. The van der Waals surface area contributed by atoms with E-state index in [1.165, 1.54) is 28.0 Å². The Morgan fingerprint density at radius 1 is 1.21 bits per heavy atom.